The molecule has 1 aliphatic carbocycles. The van der Waals surface area contributed by atoms with Crippen molar-refractivity contribution >= 4 is 27.7 Å². The second-order valence-electron chi connectivity index (χ2n) is 7.02. The van der Waals surface area contributed by atoms with E-state index in [2.05, 4.69) is 19.8 Å². The van der Waals surface area contributed by atoms with E-state index >= 15 is 0 Å². The van der Waals surface area contributed by atoms with Crippen molar-refractivity contribution in [2.75, 3.05) is 17.8 Å². The quantitative estimate of drug-likeness (QED) is 0.643. The van der Waals surface area contributed by atoms with Crippen molar-refractivity contribution < 1.29 is 18.0 Å². The zero-order valence-corrected chi connectivity index (χ0v) is 15.9. The van der Waals surface area contributed by atoms with Crippen LogP contribution in [-0.4, -0.2) is 62.7 Å². The number of carbonyl (C=O) groups excluding carboxylic acids is 2. The number of hydrogen-bond acceptors (Lipinski definition) is 7. The minimum atomic E-state index is -3.76. The number of anilines is 1. The molecular weight excluding hydrogens is 386 g/mol. The van der Waals surface area contributed by atoms with Gasteiger partial charge in [0.1, 0.15) is 10.4 Å². The van der Waals surface area contributed by atoms with Gasteiger partial charge in [-0.1, -0.05) is 0 Å². The topological polar surface area (TPSA) is 153 Å². The van der Waals surface area contributed by atoms with Crippen molar-refractivity contribution in [3.05, 3.63) is 35.5 Å². The molecule has 1 saturated carbocycles. The highest BCUT2D eigenvalue weighted by Gasteiger charge is 2.56. The number of aromatic nitrogens is 4. The van der Waals surface area contributed by atoms with Gasteiger partial charge in [-0.05, 0) is 19.3 Å². The van der Waals surface area contributed by atoms with Crippen LogP contribution in [0.25, 0.3) is 0 Å². The molecule has 0 spiro atoms. The van der Waals surface area contributed by atoms with Crippen LogP contribution in [-0.2, 0) is 23.5 Å². The maximum Gasteiger partial charge on any atom is 0.272 e. The molecule has 0 unspecified atom stereocenters. The second kappa shape index (κ2) is 6.26. The Balaban J connectivity index is 1.57. The lowest BCUT2D eigenvalue weighted by atomic mass is 10.0. The van der Waals surface area contributed by atoms with Crippen molar-refractivity contribution in [1.29, 1.82) is 0 Å². The third kappa shape index (κ3) is 2.89. The van der Waals surface area contributed by atoms with Gasteiger partial charge in [-0.15, -0.1) is 0 Å². The molecule has 0 radical (unpaired) electrons. The molecule has 11 nitrogen and oxygen atoms in total. The van der Waals surface area contributed by atoms with E-state index in [0.717, 1.165) is 0 Å². The molecule has 2 aromatic rings. The fourth-order valence-electron chi connectivity index (χ4n) is 3.52. The van der Waals surface area contributed by atoms with Gasteiger partial charge in [0.2, 0.25) is 10.0 Å². The van der Waals surface area contributed by atoms with Crippen molar-refractivity contribution in [3.63, 3.8) is 0 Å². The highest BCUT2D eigenvalue weighted by Crippen LogP contribution is 2.45. The van der Waals surface area contributed by atoms with Gasteiger partial charge in [-0.25, -0.2) is 13.4 Å². The molecule has 3 N–H and O–H groups in total. The molecular formula is C16H19N7O4S. The smallest absolute Gasteiger partial charge is 0.272 e. The molecule has 2 aliphatic rings. The Bertz CT molecular complexity index is 1060. The van der Waals surface area contributed by atoms with E-state index in [-0.39, 0.29) is 29.7 Å². The Hall–Kier alpha value is -3.02. The minimum Gasteiger partial charge on any atom is -0.364 e. The maximum absolute atomic E-state index is 12.9. The van der Waals surface area contributed by atoms with Crippen molar-refractivity contribution in [1.82, 2.24) is 24.6 Å². The van der Waals surface area contributed by atoms with E-state index in [4.69, 9.17) is 5.73 Å². The summed E-state index contributed by atoms with van der Waals surface area (Å²) in [6, 6.07) is 0. The van der Waals surface area contributed by atoms with Crippen LogP contribution in [0.2, 0.25) is 0 Å². The van der Waals surface area contributed by atoms with E-state index < -0.39 is 20.7 Å². The van der Waals surface area contributed by atoms with Crippen LogP contribution >= 0.6 is 0 Å². The van der Waals surface area contributed by atoms with E-state index in [1.165, 1.54) is 28.2 Å². The van der Waals surface area contributed by atoms with Crippen LogP contribution < -0.4 is 10.5 Å². The van der Waals surface area contributed by atoms with E-state index in [9.17, 15) is 18.0 Å². The number of nitrogens with one attached hydrogen (secondary N) is 1. The Morgan fingerprint density at radius 3 is 2.71 bits per heavy atom. The standard InChI is InChI=1S/C16H19N7O4S/c1-22-13-10(12(20-22)14(17)24)2-7-23(15(13)25)9-16(3-4-16)28(26,27)21-11-8-18-5-6-19-11/h5-6,8H,2-4,7,9H2,1H3,(H2,17,24)(H,19,21). The number of rotatable bonds is 6. The summed E-state index contributed by atoms with van der Waals surface area (Å²) in [5.41, 5.74) is 6.21. The van der Waals surface area contributed by atoms with Gasteiger partial charge in [-0.2, -0.15) is 5.10 Å². The lowest BCUT2D eigenvalue weighted by Crippen LogP contribution is -2.47. The minimum absolute atomic E-state index is 0.0535. The SMILES string of the molecule is Cn1nc(C(N)=O)c2c1C(=O)N(CC1(S(=O)(=O)Nc3cnccn3)CC1)CC2. The van der Waals surface area contributed by atoms with E-state index in [1.54, 1.807) is 7.05 Å². The van der Waals surface area contributed by atoms with Crippen LogP contribution in [0.1, 0.15) is 39.4 Å². The highest BCUT2D eigenvalue weighted by atomic mass is 32.2. The molecule has 2 amide bonds. The summed E-state index contributed by atoms with van der Waals surface area (Å²) in [7, 11) is -2.20. The maximum atomic E-state index is 12.9. The molecule has 28 heavy (non-hydrogen) atoms. The predicted molar refractivity (Wildman–Crippen MR) is 97.9 cm³/mol. The normalized spacial score (nSPS) is 17.9. The van der Waals surface area contributed by atoms with Crippen molar-refractivity contribution in [3.8, 4) is 0 Å². The number of hydrogen-bond donors (Lipinski definition) is 2. The van der Waals surface area contributed by atoms with Gasteiger partial charge in [0.05, 0.1) is 6.20 Å². The Kier molecular flexibility index (Phi) is 4.10. The van der Waals surface area contributed by atoms with Crippen LogP contribution in [0.15, 0.2) is 18.6 Å². The Morgan fingerprint density at radius 2 is 2.11 bits per heavy atom. The fourth-order valence-corrected chi connectivity index (χ4v) is 5.08. The fraction of sp³-hybridized carbons (Fsp3) is 0.438. The summed E-state index contributed by atoms with van der Waals surface area (Å²) in [4.78, 5) is 33.8. The van der Waals surface area contributed by atoms with Gasteiger partial charge in [0.15, 0.2) is 11.5 Å². The van der Waals surface area contributed by atoms with E-state index in [0.29, 0.717) is 31.4 Å². The molecule has 4 rings (SSSR count). The average molecular weight is 405 g/mol. The Labute approximate surface area is 161 Å². The first kappa shape index (κ1) is 18.3. The summed E-state index contributed by atoms with van der Waals surface area (Å²) >= 11 is 0. The van der Waals surface area contributed by atoms with Gasteiger partial charge in [0, 0.05) is 38.1 Å². The number of amides is 2. The number of fused-ring (bicyclic) bond motifs is 1. The summed E-state index contributed by atoms with van der Waals surface area (Å²) in [6.07, 6.45) is 5.44. The molecule has 2 aromatic heterocycles. The van der Waals surface area contributed by atoms with Gasteiger partial charge < -0.3 is 10.6 Å². The molecule has 0 saturated heterocycles. The summed E-state index contributed by atoms with van der Waals surface area (Å²) in [6.45, 7) is 0.345. The first-order valence-corrected chi connectivity index (χ1v) is 10.2. The zero-order chi connectivity index (χ0) is 20.1. The first-order chi connectivity index (χ1) is 13.2. The predicted octanol–water partition coefficient (Wildman–Crippen LogP) is -0.718. The second-order valence-corrected chi connectivity index (χ2v) is 9.10. The largest absolute Gasteiger partial charge is 0.364 e. The average Bonchev–Trinajstić information content (AvgIpc) is 3.35. The molecule has 3 heterocycles. The molecule has 148 valence electrons. The number of nitrogens with two attached hydrogens (primary N) is 1. The number of primary amides is 1. The molecule has 0 bridgehead atoms. The summed E-state index contributed by atoms with van der Waals surface area (Å²) in [5.74, 6) is -0.906. The van der Waals surface area contributed by atoms with Crippen molar-refractivity contribution in [2.45, 2.75) is 24.0 Å². The summed E-state index contributed by atoms with van der Waals surface area (Å²) < 4.78 is 28.5. The molecule has 0 aromatic carbocycles. The molecule has 1 aliphatic heterocycles. The number of sulfonamides is 1. The van der Waals surface area contributed by atoms with Gasteiger partial charge in [-0.3, -0.25) is 24.0 Å². The number of aryl methyl sites for hydroxylation is 1. The lowest BCUT2D eigenvalue weighted by Gasteiger charge is -2.30. The third-order valence-electron chi connectivity index (χ3n) is 5.16. The zero-order valence-electron chi connectivity index (χ0n) is 15.1. The number of carbonyl (C=O) groups is 2. The monoisotopic (exact) mass is 405 g/mol. The molecule has 1 fully saturated rings. The van der Waals surface area contributed by atoms with Crippen molar-refractivity contribution in [2.24, 2.45) is 12.8 Å². The van der Waals surface area contributed by atoms with Crippen LogP contribution in [0.4, 0.5) is 5.82 Å². The first-order valence-electron chi connectivity index (χ1n) is 8.67. The highest BCUT2D eigenvalue weighted by molar-refractivity contribution is 7.94. The molecule has 0 atom stereocenters. The summed E-state index contributed by atoms with van der Waals surface area (Å²) in [5, 5.41) is 4.04. The third-order valence-corrected chi connectivity index (χ3v) is 7.31. The Morgan fingerprint density at radius 1 is 1.36 bits per heavy atom. The number of nitrogens with zero attached hydrogens (tertiary/aromatic N) is 5. The van der Waals surface area contributed by atoms with Crippen LogP contribution in [0.5, 0.6) is 0 Å². The van der Waals surface area contributed by atoms with Crippen LogP contribution in [0, 0.1) is 0 Å². The van der Waals surface area contributed by atoms with E-state index in [1.807, 2.05) is 0 Å². The lowest BCUT2D eigenvalue weighted by molar-refractivity contribution is 0.0724. The van der Waals surface area contributed by atoms with Crippen LogP contribution in [0.3, 0.4) is 0 Å². The molecule has 12 heteroatoms. The van der Waals surface area contributed by atoms with Gasteiger partial charge in [0.25, 0.3) is 11.8 Å². The van der Waals surface area contributed by atoms with Gasteiger partial charge >= 0.3 is 0 Å².